The molecule has 30 heavy (non-hydrogen) atoms. The van der Waals surface area contributed by atoms with Gasteiger partial charge >= 0.3 is 0 Å². The maximum Gasteiger partial charge on any atom is 0.224 e. The summed E-state index contributed by atoms with van der Waals surface area (Å²) in [7, 11) is 1.98. The number of thiazole rings is 1. The van der Waals surface area contributed by atoms with E-state index in [-0.39, 0.29) is 24.2 Å². The van der Waals surface area contributed by atoms with Gasteiger partial charge in [0.05, 0.1) is 28.2 Å². The molecule has 3 heterocycles. The minimum atomic E-state index is -0.308. The van der Waals surface area contributed by atoms with Crippen LogP contribution in [0.15, 0.2) is 35.8 Å². The Kier molecular flexibility index (Phi) is 6.24. The van der Waals surface area contributed by atoms with Crippen molar-refractivity contribution in [2.75, 3.05) is 13.1 Å². The van der Waals surface area contributed by atoms with Crippen molar-refractivity contribution < 1.29 is 9.18 Å². The molecule has 0 spiro atoms. The van der Waals surface area contributed by atoms with Crippen LogP contribution in [0.3, 0.4) is 0 Å². The molecule has 0 bridgehead atoms. The summed E-state index contributed by atoms with van der Waals surface area (Å²) < 4.78 is 15.2. The van der Waals surface area contributed by atoms with Crippen LogP contribution in [0.2, 0.25) is 0 Å². The summed E-state index contributed by atoms with van der Waals surface area (Å²) in [6.45, 7) is 4.69. The zero-order chi connectivity index (χ0) is 21.1. The van der Waals surface area contributed by atoms with Gasteiger partial charge < -0.3 is 5.32 Å². The van der Waals surface area contributed by atoms with Crippen LogP contribution in [-0.4, -0.2) is 44.7 Å². The van der Waals surface area contributed by atoms with Crippen LogP contribution in [0.25, 0.3) is 10.6 Å². The van der Waals surface area contributed by atoms with E-state index < -0.39 is 0 Å². The molecule has 0 unspecified atom stereocenters. The zero-order valence-corrected chi connectivity index (χ0v) is 18.1. The standard InChI is InChI=1S/C22H26FN5OS/c1-15-22(30-14-24-15)20-12-19(27(2)26-20)13-28-8-6-18(7-9-28)25-21(29)11-16-4-3-5-17(23)10-16/h3-5,10,12,14,18H,6-9,11,13H2,1-2H3,(H,25,29). The predicted octanol–water partition coefficient (Wildman–Crippen LogP) is 3.31. The number of nitrogens with zero attached hydrogens (tertiary/aromatic N) is 4. The number of hydrogen-bond donors (Lipinski definition) is 1. The van der Waals surface area contributed by atoms with Crippen molar-refractivity contribution in [2.45, 2.75) is 38.8 Å². The number of benzene rings is 1. The average Bonchev–Trinajstić information content (AvgIpc) is 3.29. The van der Waals surface area contributed by atoms with Crippen molar-refractivity contribution in [3.63, 3.8) is 0 Å². The van der Waals surface area contributed by atoms with Gasteiger partial charge in [0, 0.05) is 32.7 Å². The van der Waals surface area contributed by atoms with E-state index in [4.69, 9.17) is 0 Å². The van der Waals surface area contributed by atoms with Crippen LogP contribution < -0.4 is 5.32 Å². The number of aromatic nitrogens is 3. The Morgan fingerprint density at radius 3 is 2.80 bits per heavy atom. The van der Waals surface area contributed by atoms with Crippen molar-refractivity contribution in [3.8, 4) is 10.6 Å². The summed E-state index contributed by atoms with van der Waals surface area (Å²) in [6, 6.07) is 8.54. The largest absolute Gasteiger partial charge is 0.353 e. The van der Waals surface area contributed by atoms with E-state index in [0.717, 1.165) is 48.7 Å². The molecule has 4 rings (SSSR count). The number of nitrogens with one attached hydrogen (secondary N) is 1. The van der Waals surface area contributed by atoms with Gasteiger partial charge in [0.1, 0.15) is 11.5 Å². The second-order valence-corrected chi connectivity index (χ2v) is 8.69. The molecule has 3 aromatic rings. The fourth-order valence-corrected chi connectivity index (χ4v) is 4.65. The summed E-state index contributed by atoms with van der Waals surface area (Å²) >= 11 is 1.62. The lowest BCUT2D eigenvalue weighted by atomic mass is 10.0. The first-order chi connectivity index (χ1) is 14.5. The molecule has 1 N–H and O–H groups in total. The highest BCUT2D eigenvalue weighted by molar-refractivity contribution is 7.13. The highest BCUT2D eigenvalue weighted by Gasteiger charge is 2.22. The van der Waals surface area contributed by atoms with Gasteiger partial charge in [0.15, 0.2) is 0 Å². The quantitative estimate of drug-likeness (QED) is 0.656. The fraction of sp³-hybridized carbons (Fsp3) is 0.409. The molecule has 8 heteroatoms. The molecule has 1 saturated heterocycles. The normalized spacial score (nSPS) is 15.4. The van der Waals surface area contributed by atoms with E-state index in [2.05, 4.69) is 26.4 Å². The molecule has 158 valence electrons. The number of amides is 1. The van der Waals surface area contributed by atoms with Crippen LogP contribution in [0.5, 0.6) is 0 Å². The van der Waals surface area contributed by atoms with Gasteiger partial charge in [-0.1, -0.05) is 12.1 Å². The van der Waals surface area contributed by atoms with E-state index in [1.165, 1.54) is 17.8 Å². The number of carbonyl (C=O) groups is 1. The third-order valence-corrected chi connectivity index (χ3v) is 6.50. The van der Waals surface area contributed by atoms with E-state index in [1.54, 1.807) is 23.5 Å². The van der Waals surface area contributed by atoms with Crippen molar-refractivity contribution in [1.82, 2.24) is 25.0 Å². The number of aryl methyl sites for hydroxylation is 2. The first-order valence-corrected chi connectivity index (χ1v) is 11.1. The van der Waals surface area contributed by atoms with Crippen LogP contribution in [0.4, 0.5) is 4.39 Å². The average molecular weight is 428 g/mol. The number of rotatable bonds is 6. The van der Waals surface area contributed by atoms with Gasteiger partial charge in [-0.15, -0.1) is 11.3 Å². The molecule has 2 aromatic heterocycles. The highest BCUT2D eigenvalue weighted by atomic mass is 32.1. The van der Waals surface area contributed by atoms with E-state index in [9.17, 15) is 9.18 Å². The third kappa shape index (κ3) is 4.94. The molecule has 0 atom stereocenters. The predicted molar refractivity (Wildman–Crippen MR) is 116 cm³/mol. The second-order valence-electron chi connectivity index (χ2n) is 7.84. The van der Waals surface area contributed by atoms with Gasteiger partial charge in [-0.25, -0.2) is 9.37 Å². The molecule has 0 radical (unpaired) electrons. The molecular weight excluding hydrogens is 401 g/mol. The number of halogens is 1. The van der Waals surface area contributed by atoms with Gasteiger partial charge in [-0.2, -0.15) is 5.10 Å². The van der Waals surface area contributed by atoms with E-state index in [1.807, 2.05) is 24.2 Å². The maximum atomic E-state index is 13.3. The van der Waals surface area contributed by atoms with E-state index in [0.29, 0.717) is 5.56 Å². The highest BCUT2D eigenvalue weighted by Crippen LogP contribution is 2.27. The smallest absolute Gasteiger partial charge is 0.224 e. The molecule has 1 aliphatic rings. The van der Waals surface area contributed by atoms with Gasteiger partial charge in [0.25, 0.3) is 0 Å². The SMILES string of the molecule is Cc1ncsc1-c1cc(CN2CCC(NC(=O)Cc3cccc(F)c3)CC2)n(C)n1. The molecule has 6 nitrogen and oxygen atoms in total. The van der Waals surface area contributed by atoms with Crippen LogP contribution in [0.1, 0.15) is 29.8 Å². The zero-order valence-electron chi connectivity index (χ0n) is 17.3. The first-order valence-electron chi connectivity index (χ1n) is 10.2. The fourth-order valence-electron chi connectivity index (χ4n) is 3.89. The monoisotopic (exact) mass is 427 g/mol. The van der Waals surface area contributed by atoms with Gasteiger partial charge in [0.2, 0.25) is 5.91 Å². The number of piperidine rings is 1. The lowest BCUT2D eigenvalue weighted by molar-refractivity contribution is -0.121. The van der Waals surface area contributed by atoms with Crippen molar-refractivity contribution >= 4 is 17.2 Å². The summed E-state index contributed by atoms with van der Waals surface area (Å²) in [6.07, 6.45) is 2.04. The summed E-state index contributed by atoms with van der Waals surface area (Å²) in [5.41, 5.74) is 5.72. The van der Waals surface area contributed by atoms with Gasteiger partial charge in [-0.3, -0.25) is 14.4 Å². The Balaban J connectivity index is 1.27. The van der Waals surface area contributed by atoms with E-state index >= 15 is 0 Å². The Bertz CT molecular complexity index is 1020. The molecule has 1 amide bonds. The molecule has 1 aliphatic heterocycles. The Morgan fingerprint density at radius 2 is 2.10 bits per heavy atom. The maximum absolute atomic E-state index is 13.3. The van der Waals surface area contributed by atoms with Crippen LogP contribution >= 0.6 is 11.3 Å². The Morgan fingerprint density at radius 1 is 1.30 bits per heavy atom. The lowest BCUT2D eigenvalue weighted by Gasteiger charge is -2.32. The summed E-state index contributed by atoms with van der Waals surface area (Å²) in [5.74, 6) is -0.354. The Hall–Kier alpha value is -2.58. The second kappa shape index (κ2) is 9.06. The molecule has 1 aromatic carbocycles. The third-order valence-electron chi connectivity index (χ3n) is 5.55. The van der Waals surface area contributed by atoms with Crippen LogP contribution in [-0.2, 0) is 24.8 Å². The minimum absolute atomic E-state index is 0.0461. The van der Waals surface area contributed by atoms with Crippen LogP contribution in [0, 0.1) is 12.7 Å². The summed E-state index contributed by atoms with van der Waals surface area (Å²) in [5, 5.41) is 7.76. The molecule has 0 saturated carbocycles. The summed E-state index contributed by atoms with van der Waals surface area (Å²) in [4.78, 5) is 20.1. The first kappa shape index (κ1) is 20.7. The number of hydrogen-bond acceptors (Lipinski definition) is 5. The van der Waals surface area contributed by atoms with Crippen molar-refractivity contribution in [3.05, 3.63) is 58.6 Å². The molecular formula is C22H26FN5OS. The minimum Gasteiger partial charge on any atom is -0.353 e. The number of likely N-dealkylation sites (tertiary alicyclic amines) is 1. The van der Waals surface area contributed by atoms with Crippen molar-refractivity contribution in [2.24, 2.45) is 7.05 Å². The Labute approximate surface area is 179 Å². The van der Waals surface area contributed by atoms with Gasteiger partial charge in [-0.05, 0) is 43.5 Å². The number of carbonyl (C=O) groups excluding carboxylic acids is 1. The molecule has 1 fully saturated rings. The molecule has 0 aliphatic carbocycles. The van der Waals surface area contributed by atoms with Crippen molar-refractivity contribution in [1.29, 1.82) is 0 Å². The topological polar surface area (TPSA) is 63.1 Å². The lowest BCUT2D eigenvalue weighted by Crippen LogP contribution is -2.44.